The molecule has 6 nitrogen and oxygen atoms in total. The second-order valence-electron chi connectivity index (χ2n) is 20.4. The first-order valence-electron chi connectivity index (χ1n) is 29.7. The van der Waals surface area contributed by atoms with Crippen molar-refractivity contribution in [2.45, 2.75) is 334 Å². The molecule has 67 heavy (non-hydrogen) atoms. The SMILES string of the molecule is CCCCCCCC/C=C/CCCCCCCC(CC(=O)NC(CO)C(O)CCCCCCCCCCCCCCCCCCC)OC(=O)CCCCC/C=C/C=C/CCCCCCCCC. The molecule has 0 aliphatic carbocycles. The standard InChI is InChI=1S/C61H115NO5/c1-4-7-10-13-16-19-22-25-28-30-32-35-38-41-44-47-50-53-59(64)58(56-63)62-60(65)55-57(52-49-46-43-40-37-34-31-27-24-21-18-15-12-9-6-3)67-61(66)54-51-48-45-42-39-36-33-29-26-23-20-17-14-11-8-5-2/h27,29,31,33,36,39,57-59,63-64H,4-26,28,30,32,34-35,37-38,40-56H2,1-3H3,(H,62,65)/b31-27+,33-29+,39-36+. The molecular formula is C61H115NO5. The number of nitrogens with one attached hydrogen (secondary N) is 1. The Morgan fingerprint density at radius 2 is 0.761 bits per heavy atom. The van der Waals surface area contributed by atoms with Crippen LogP contribution in [0.5, 0.6) is 0 Å². The average molecular weight is 943 g/mol. The van der Waals surface area contributed by atoms with Gasteiger partial charge in [0.15, 0.2) is 0 Å². The van der Waals surface area contributed by atoms with Gasteiger partial charge in [-0.2, -0.15) is 0 Å². The van der Waals surface area contributed by atoms with Gasteiger partial charge in [-0.3, -0.25) is 9.59 Å². The lowest BCUT2D eigenvalue weighted by molar-refractivity contribution is -0.151. The van der Waals surface area contributed by atoms with E-state index in [1.807, 2.05) is 0 Å². The van der Waals surface area contributed by atoms with Crippen LogP contribution in [0.25, 0.3) is 0 Å². The Bertz CT molecular complexity index is 1100. The number of unbranched alkanes of at least 4 members (excludes halogenated alkanes) is 37. The van der Waals surface area contributed by atoms with Crippen molar-refractivity contribution in [2.24, 2.45) is 0 Å². The number of amides is 1. The molecule has 3 atom stereocenters. The normalized spacial score (nSPS) is 13.3. The molecule has 0 aromatic heterocycles. The number of carbonyl (C=O) groups excluding carboxylic acids is 2. The predicted octanol–water partition coefficient (Wildman–Crippen LogP) is 18.4. The van der Waals surface area contributed by atoms with Crippen LogP contribution in [0.4, 0.5) is 0 Å². The Balaban J connectivity index is 4.56. The Kier molecular flexibility index (Phi) is 53.4. The minimum Gasteiger partial charge on any atom is -0.462 e. The minimum atomic E-state index is -0.794. The molecule has 0 aromatic carbocycles. The van der Waals surface area contributed by atoms with Gasteiger partial charge in [-0.25, -0.2) is 0 Å². The number of ether oxygens (including phenoxy) is 1. The molecule has 0 heterocycles. The maximum absolute atomic E-state index is 13.3. The van der Waals surface area contributed by atoms with Gasteiger partial charge >= 0.3 is 5.97 Å². The number of aliphatic hydroxyl groups is 2. The van der Waals surface area contributed by atoms with E-state index < -0.39 is 18.2 Å². The number of rotatable bonds is 54. The maximum Gasteiger partial charge on any atom is 0.306 e. The van der Waals surface area contributed by atoms with E-state index in [0.717, 1.165) is 70.6 Å². The van der Waals surface area contributed by atoms with Crippen molar-refractivity contribution in [1.82, 2.24) is 5.32 Å². The van der Waals surface area contributed by atoms with Crippen molar-refractivity contribution < 1.29 is 24.5 Å². The summed E-state index contributed by atoms with van der Waals surface area (Å²) >= 11 is 0. The van der Waals surface area contributed by atoms with E-state index in [2.05, 4.69) is 62.5 Å². The van der Waals surface area contributed by atoms with Crippen LogP contribution in [0.3, 0.4) is 0 Å². The molecule has 0 fully saturated rings. The number of hydrogen-bond donors (Lipinski definition) is 3. The molecule has 1 amide bonds. The second kappa shape index (κ2) is 55.0. The van der Waals surface area contributed by atoms with Crippen LogP contribution >= 0.6 is 0 Å². The molecular weight excluding hydrogens is 827 g/mol. The zero-order valence-electron chi connectivity index (χ0n) is 45.0. The minimum absolute atomic E-state index is 0.0642. The highest BCUT2D eigenvalue weighted by Gasteiger charge is 2.24. The van der Waals surface area contributed by atoms with E-state index >= 15 is 0 Å². The van der Waals surface area contributed by atoms with Crippen LogP contribution in [0.15, 0.2) is 36.5 Å². The van der Waals surface area contributed by atoms with Crippen LogP contribution in [-0.2, 0) is 14.3 Å². The van der Waals surface area contributed by atoms with E-state index in [1.54, 1.807) is 0 Å². The highest BCUT2D eigenvalue weighted by Crippen LogP contribution is 2.18. The first-order chi connectivity index (χ1) is 33.0. The monoisotopic (exact) mass is 942 g/mol. The Hall–Kier alpha value is -1.92. The van der Waals surface area contributed by atoms with Gasteiger partial charge in [-0.15, -0.1) is 0 Å². The fourth-order valence-corrected chi connectivity index (χ4v) is 9.18. The number of carbonyl (C=O) groups is 2. The van der Waals surface area contributed by atoms with Gasteiger partial charge < -0.3 is 20.3 Å². The lowest BCUT2D eigenvalue weighted by atomic mass is 10.0. The largest absolute Gasteiger partial charge is 0.462 e. The molecule has 0 bridgehead atoms. The average Bonchev–Trinajstić information content (AvgIpc) is 3.32. The summed E-state index contributed by atoms with van der Waals surface area (Å²) in [6.07, 6.45) is 66.4. The van der Waals surface area contributed by atoms with Gasteiger partial charge in [0, 0.05) is 6.42 Å². The van der Waals surface area contributed by atoms with Crippen LogP contribution in [0, 0.1) is 0 Å². The van der Waals surface area contributed by atoms with Gasteiger partial charge in [-0.1, -0.05) is 263 Å². The fraction of sp³-hybridized carbons (Fsp3) is 0.869. The molecule has 0 radical (unpaired) electrons. The van der Waals surface area contributed by atoms with Crippen molar-refractivity contribution in [3.05, 3.63) is 36.5 Å². The van der Waals surface area contributed by atoms with Gasteiger partial charge in [0.1, 0.15) is 6.10 Å². The molecule has 0 aromatic rings. The molecule has 0 rings (SSSR count). The highest BCUT2D eigenvalue weighted by atomic mass is 16.5. The third-order valence-electron chi connectivity index (χ3n) is 13.7. The lowest BCUT2D eigenvalue weighted by Crippen LogP contribution is -2.46. The highest BCUT2D eigenvalue weighted by molar-refractivity contribution is 5.77. The molecule has 394 valence electrons. The van der Waals surface area contributed by atoms with Gasteiger partial charge in [0.05, 0.1) is 25.2 Å². The van der Waals surface area contributed by atoms with Crippen molar-refractivity contribution >= 4 is 11.9 Å². The van der Waals surface area contributed by atoms with Crippen molar-refractivity contribution in [1.29, 1.82) is 0 Å². The third-order valence-corrected chi connectivity index (χ3v) is 13.7. The fourth-order valence-electron chi connectivity index (χ4n) is 9.18. The predicted molar refractivity (Wildman–Crippen MR) is 292 cm³/mol. The van der Waals surface area contributed by atoms with Gasteiger partial charge in [0.25, 0.3) is 0 Å². The molecule has 0 saturated heterocycles. The van der Waals surface area contributed by atoms with Crippen LogP contribution in [0.2, 0.25) is 0 Å². The van der Waals surface area contributed by atoms with E-state index in [1.165, 1.54) is 199 Å². The maximum atomic E-state index is 13.3. The van der Waals surface area contributed by atoms with Gasteiger partial charge in [0.2, 0.25) is 5.91 Å². The zero-order valence-corrected chi connectivity index (χ0v) is 45.0. The van der Waals surface area contributed by atoms with E-state index in [0.29, 0.717) is 19.3 Å². The van der Waals surface area contributed by atoms with Crippen LogP contribution in [0.1, 0.15) is 316 Å². The summed E-state index contributed by atoms with van der Waals surface area (Å²) in [5.74, 6) is -0.499. The molecule has 0 aliphatic heterocycles. The summed E-state index contributed by atoms with van der Waals surface area (Å²) in [6, 6.07) is -0.709. The Labute approximate surface area is 417 Å². The van der Waals surface area contributed by atoms with E-state index in [9.17, 15) is 19.8 Å². The molecule has 0 saturated carbocycles. The summed E-state index contributed by atoms with van der Waals surface area (Å²) in [5, 5.41) is 23.9. The lowest BCUT2D eigenvalue weighted by Gasteiger charge is -2.24. The smallest absolute Gasteiger partial charge is 0.306 e. The molecule has 0 aliphatic rings. The molecule has 3 unspecified atom stereocenters. The van der Waals surface area contributed by atoms with Gasteiger partial charge in [-0.05, 0) is 77.0 Å². The summed E-state index contributed by atoms with van der Waals surface area (Å²) in [5.41, 5.74) is 0. The third kappa shape index (κ3) is 50.3. The van der Waals surface area contributed by atoms with Crippen LogP contribution in [-0.4, -0.2) is 46.9 Å². The summed E-state index contributed by atoms with van der Waals surface area (Å²) in [4.78, 5) is 26.3. The van der Waals surface area contributed by atoms with Crippen molar-refractivity contribution in [2.75, 3.05) is 6.61 Å². The van der Waals surface area contributed by atoms with Crippen molar-refractivity contribution in [3.63, 3.8) is 0 Å². The summed E-state index contributed by atoms with van der Waals surface area (Å²) < 4.78 is 5.95. The topological polar surface area (TPSA) is 95.9 Å². The number of aliphatic hydroxyl groups excluding tert-OH is 2. The Morgan fingerprint density at radius 1 is 0.433 bits per heavy atom. The Morgan fingerprint density at radius 3 is 1.15 bits per heavy atom. The summed E-state index contributed by atoms with van der Waals surface area (Å²) in [7, 11) is 0. The molecule has 3 N–H and O–H groups in total. The van der Waals surface area contributed by atoms with E-state index in [-0.39, 0.29) is 24.9 Å². The molecule has 6 heteroatoms. The second-order valence-corrected chi connectivity index (χ2v) is 20.4. The zero-order chi connectivity index (χ0) is 48.8. The molecule has 0 spiro atoms. The number of esters is 1. The number of hydrogen-bond acceptors (Lipinski definition) is 5. The summed E-state index contributed by atoms with van der Waals surface area (Å²) in [6.45, 7) is 6.50. The quantitative estimate of drug-likeness (QED) is 0.0244. The van der Waals surface area contributed by atoms with E-state index in [4.69, 9.17) is 4.74 Å². The van der Waals surface area contributed by atoms with Crippen LogP contribution < -0.4 is 5.32 Å². The number of allylic oxidation sites excluding steroid dienone is 6. The first-order valence-corrected chi connectivity index (χ1v) is 29.7. The first kappa shape index (κ1) is 65.1. The van der Waals surface area contributed by atoms with Crippen molar-refractivity contribution in [3.8, 4) is 0 Å².